The molecule has 9 heteroatoms. The van der Waals surface area contributed by atoms with Gasteiger partial charge in [0.25, 0.3) is 0 Å². The minimum atomic E-state index is -0.436. The van der Waals surface area contributed by atoms with Crippen LogP contribution in [-0.2, 0) is 0 Å². The molecule has 2 heterocycles. The third-order valence-corrected chi connectivity index (χ3v) is 4.60. The Balaban J connectivity index is 1.74. The molecule has 1 aromatic heterocycles. The molecule has 2 aromatic rings. The van der Waals surface area contributed by atoms with Crippen molar-refractivity contribution in [1.29, 1.82) is 0 Å². The molecule has 1 saturated heterocycles. The molecule has 3 rings (SSSR count). The van der Waals surface area contributed by atoms with E-state index in [0.717, 1.165) is 37.7 Å². The second-order valence-corrected chi connectivity index (χ2v) is 6.65. The zero-order valence-electron chi connectivity index (χ0n) is 13.5. The van der Waals surface area contributed by atoms with Gasteiger partial charge >= 0.3 is 0 Å². The van der Waals surface area contributed by atoms with Crippen molar-refractivity contribution in [3.63, 3.8) is 0 Å². The zero-order valence-corrected chi connectivity index (χ0v) is 15.7. The van der Waals surface area contributed by atoms with E-state index in [9.17, 15) is 9.50 Å². The van der Waals surface area contributed by atoms with E-state index in [2.05, 4.69) is 20.5 Å². The topological polar surface area (TPSA) is 82.9 Å². The smallest absolute Gasteiger partial charge is 0.245 e. The van der Waals surface area contributed by atoms with Crippen LogP contribution in [0.5, 0.6) is 11.5 Å². The van der Waals surface area contributed by atoms with Gasteiger partial charge in [0.15, 0.2) is 23.1 Å². The van der Waals surface area contributed by atoms with E-state index in [4.69, 9.17) is 4.74 Å². The highest BCUT2D eigenvalue weighted by Gasteiger charge is 2.18. The van der Waals surface area contributed by atoms with Gasteiger partial charge < -0.3 is 14.7 Å². The van der Waals surface area contributed by atoms with E-state index in [-0.39, 0.29) is 11.7 Å². The first kappa shape index (κ1) is 17.6. The number of hydrazone groups is 1. The fraction of sp³-hybridized carbons (Fsp3) is 0.312. The van der Waals surface area contributed by atoms with Crippen molar-refractivity contribution in [2.45, 2.75) is 12.8 Å². The normalized spacial score (nSPS) is 14.3. The van der Waals surface area contributed by atoms with Gasteiger partial charge in [-0.25, -0.2) is 14.8 Å². The van der Waals surface area contributed by atoms with Gasteiger partial charge in [0.1, 0.15) is 0 Å². The summed E-state index contributed by atoms with van der Waals surface area (Å²) in [6.45, 7) is 1.59. The predicted molar refractivity (Wildman–Crippen MR) is 102 cm³/mol. The maximum atomic E-state index is 13.9. The molecule has 25 heavy (non-hydrogen) atoms. The van der Waals surface area contributed by atoms with Crippen LogP contribution in [0.25, 0.3) is 0 Å². The maximum absolute atomic E-state index is 13.9. The summed E-state index contributed by atoms with van der Waals surface area (Å²) in [5.74, 6) is 0.535. The molecule has 1 fully saturated rings. The molecule has 0 spiro atoms. The number of benzene rings is 1. The highest BCUT2D eigenvalue weighted by atomic mass is 127. The van der Waals surface area contributed by atoms with Crippen molar-refractivity contribution in [3.05, 3.63) is 33.3 Å². The molecule has 7 nitrogen and oxygen atoms in total. The van der Waals surface area contributed by atoms with Crippen molar-refractivity contribution in [2.75, 3.05) is 30.5 Å². The first-order valence-electron chi connectivity index (χ1n) is 7.71. The number of ether oxygens (including phenoxy) is 1. The fourth-order valence-electron chi connectivity index (χ4n) is 2.55. The lowest BCUT2D eigenvalue weighted by Crippen LogP contribution is -2.21. The van der Waals surface area contributed by atoms with E-state index in [1.165, 1.54) is 7.11 Å². The van der Waals surface area contributed by atoms with Crippen molar-refractivity contribution >= 4 is 40.6 Å². The summed E-state index contributed by atoms with van der Waals surface area (Å²) in [6, 6.07) is 3.41. The van der Waals surface area contributed by atoms with E-state index in [1.807, 2.05) is 27.5 Å². The Labute approximate surface area is 158 Å². The number of nitrogens with zero attached hydrogens (tertiary/aromatic N) is 4. The Morgan fingerprint density at radius 1 is 1.40 bits per heavy atom. The third kappa shape index (κ3) is 4.09. The van der Waals surface area contributed by atoms with Gasteiger partial charge in [0.2, 0.25) is 5.95 Å². The van der Waals surface area contributed by atoms with Crippen LogP contribution in [0.4, 0.5) is 16.2 Å². The van der Waals surface area contributed by atoms with Crippen molar-refractivity contribution in [2.24, 2.45) is 5.10 Å². The molecule has 0 unspecified atom stereocenters. The van der Waals surface area contributed by atoms with Crippen LogP contribution in [0.3, 0.4) is 0 Å². The van der Waals surface area contributed by atoms with Crippen LogP contribution in [0.15, 0.2) is 23.4 Å². The Kier molecular flexibility index (Phi) is 5.51. The summed E-state index contributed by atoms with van der Waals surface area (Å²) in [4.78, 5) is 10.0. The van der Waals surface area contributed by atoms with E-state index < -0.39 is 5.82 Å². The van der Waals surface area contributed by atoms with Crippen molar-refractivity contribution < 1.29 is 14.2 Å². The summed E-state index contributed by atoms with van der Waals surface area (Å²) in [7, 11) is 1.48. The molecule has 0 aliphatic carbocycles. The average molecular weight is 457 g/mol. The average Bonchev–Trinajstić information content (AvgIpc) is 3.13. The Morgan fingerprint density at radius 2 is 2.16 bits per heavy atom. The summed E-state index contributed by atoms with van der Waals surface area (Å²) >= 11 is 2.01. The molecule has 1 aliphatic heterocycles. The number of phenols is 1. The van der Waals surface area contributed by atoms with Gasteiger partial charge in [0.05, 0.1) is 23.1 Å². The third-order valence-electron chi connectivity index (χ3n) is 3.78. The van der Waals surface area contributed by atoms with Crippen molar-refractivity contribution in [1.82, 2.24) is 9.97 Å². The van der Waals surface area contributed by atoms with Gasteiger partial charge in [0, 0.05) is 13.1 Å². The Bertz CT molecular complexity index is 796. The number of hydrogen-bond acceptors (Lipinski definition) is 7. The van der Waals surface area contributed by atoms with Gasteiger partial charge in [-0.3, -0.25) is 0 Å². The van der Waals surface area contributed by atoms with Crippen molar-refractivity contribution in [3.8, 4) is 11.5 Å². The van der Waals surface area contributed by atoms with Gasteiger partial charge in [-0.15, -0.1) is 0 Å². The molecule has 0 saturated carbocycles. The molecule has 0 atom stereocenters. The molecular weight excluding hydrogens is 440 g/mol. The molecule has 2 N–H and O–H groups in total. The van der Waals surface area contributed by atoms with Crippen LogP contribution in [0, 0.1) is 9.39 Å². The molecule has 1 aliphatic rings. The predicted octanol–water partition coefficient (Wildman–Crippen LogP) is 2.98. The molecule has 0 amide bonds. The summed E-state index contributed by atoms with van der Waals surface area (Å²) in [5.41, 5.74) is 3.43. The minimum Gasteiger partial charge on any atom is -0.504 e. The standard InChI is InChI=1S/C16H17FIN5O2/c1-25-13-7-10(6-12(18)14(13)24)8-20-22-16-19-9-11(17)15(21-16)23-4-2-3-5-23/h6-9,24H,2-5H2,1H3,(H,19,21,22)/b20-8-. The molecule has 0 bridgehead atoms. The summed E-state index contributed by atoms with van der Waals surface area (Å²) < 4.78 is 19.7. The van der Waals surface area contributed by atoms with Gasteiger partial charge in [-0.05, 0) is 53.1 Å². The van der Waals surface area contributed by atoms with Crippen LogP contribution in [0.1, 0.15) is 18.4 Å². The highest BCUT2D eigenvalue weighted by molar-refractivity contribution is 14.1. The SMILES string of the molecule is COc1cc(/C=N\Nc2ncc(F)c(N3CCCC3)n2)cc(I)c1O. The largest absolute Gasteiger partial charge is 0.504 e. The first-order chi connectivity index (χ1) is 12.1. The van der Waals surface area contributed by atoms with Crippen LogP contribution in [-0.4, -0.2) is 41.5 Å². The second-order valence-electron chi connectivity index (χ2n) is 5.48. The lowest BCUT2D eigenvalue weighted by molar-refractivity contribution is 0.371. The number of phenolic OH excluding ortho intramolecular Hbond substituents is 1. The van der Waals surface area contributed by atoms with Crippen LogP contribution in [0.2, 0.25) is 0 Å². The van der Waals surface area contributed by atoms with Gasteiger partial charge in [-0.1, -0.05) is 0 Å². The van der Waals surface area contributed by atoms with Crippen LogP contribution >= 0.6 is 22.6 Å². The number of anilines is 2. The minimum absolute atomic E-state index is 0.0883. The summed E-state index contributed by atoms with van der Waals surface area (Å²) in [5, 5.41) is 13.9. The molecule has 1 aromatic carbocycles. The maximum Gasteiger partial charge on any atom is 0.245 e. The first-order valence-corrected chi connectivity index (χ1v) is 8.79. The number of hydrogen-bond donors (Lipinski definition) is 2. The number of aromatic nitrogens is 2. The lowest BCUT2D eigenvalue weighted by atomic mass is 10.2. The number of halogens is 2. The molecular formula is C16H17FIN5O2. The van der Waals surface area contributed by atoms with E-state index in [0.29, 0.717) is 15.1 Å². The Morgan fingerprint density at radius 3 is 2.88 bits per heavy atom. The number of nitrogens with one attached hydrogen (secondary N) is 1. The quantitative estimate of drug-likeness (QED) is 0.408. The monoisotopic (exact) mass is 457 g/mol. The highest BCUT2D eigenvalue weighted by Crippen LogP contribution is 2.31. The molecule has 132 valence electrons. The van der Waals surface area contributed by atoms with E-state index in [1.54, 1.807) is 18.3 Å². The lowest BCUT2D eigenvalue weighted by Gasteiger charge is -2.16. The Hall–Kier alpha value is -2.17. The molecule has 0 radical (unpaired) electrons. The number of aromatic hydroxyl groups is 1. The van der Waals surface area contributed by atoms with Gasteiger partial charge in [-0.2, -0.15) is 10.1 Å². The second kappa shape index (κ2) is 7.81. The number of rotatable bonds is 5. The fourth-order valence-corrected chi connectivity index (χ4v) is 3.18. The van der Waals surface area contributed by atoms with E-state index >= 15 is 0 Å². The summed E-state index contributed by atoms with van der Waals surface area (Å²) in [6.07, 6.45) is 4.76. The zero-order chi connectivity index (χ0) is 17.8. The number of methoxy groups -OCH3 is 1. The van der Waals surface area contributed by atoms with Crippen LogP contribution < -0.4 is 15.1 Å².